The van der Waals surface area contributed by atoms with E-state index in [-0.39, 0.29) is 42.7 Å². The fourth-order valence-electron chi connectivity index (χ4n) is 7.79. The molecule has 0 heterocycles. The van der Waals surface area contributed by atoms with Gasteiger partial charge in [-0.3, -0.25) is 9.59 Å². The van der Waals surface area contributed by atoms with Crippen molar-refractivity contribution in [3.05, 3.63) is 72.9 Å². The van der Waals surface area contributed by atoms with Gasteiger partial charge in [0.2, 0.25) is 0 Å². The Morgan fingerprint density at radius 1 is 0.448 bits per heavy atom. The number of carbonyl (C=O) groups excluding carboxylic acids is 3. The first kappa shape index (κ1) is 63.8. The lowest BCUT2D eigenvalue weighted by atomic mass is 10.1. The highest BCUT2D eigenvalue weighted by atomic mass is 16.6. The van der Waals surface area contributed by atoms with Crippen molar-refractivity contribution in [3.8, 4) is 0 Å². The lowest BCUT2D eigenvalue weighted by molar-refractivity contribution is -0.889. The van der Waals surface area contributed by atoms with E-state index in [1.807, 2.05) is 0 Å². The van der Waals surface area contributed by atoms with Crippen LogP contribution >= 0.6 is 0 Å². The van der Waals surface area contributed by atoms with Gasteiger partial charge < -0.3 is 28.6 Å². The van der Waals surface area contributed by atoms with Gasteiger partial charge in [-0.05, 0) is 89.9 Å². The lowest BCUT2D eigenvalue weighted by Crippen LogP contribution is -2.55. The first-order chi connectivity index (χ1) is 32.6. The third-order valence-electron chi connectivity index (χ3n) is 12.1. The summed E-state index contributed by atoms with van der Waals surface area (Å²) in [6.07, 6.45) is 63.6. The van der Waals surface area contributed by atoms with E-state index in [0.717, 1.165) is 89.9 Å². The van der Waals surface area contributed by atoms with Crippen molar-refractivity contribution < 1.29 is 38.2 Å². The number of aliphatic carboxylic acids is 1. The maximum absolute atomic E-state index is 12.8. The molecule has 8 heteroatoms. The molecule has 0 aromatic carbocycles. The molecule has 0 aliphatic rings. The second-order valence-electron chi connectivity index (χ2n) is 19.5. The number of unbranched alkanes of at least 4 members (excludes halogenated alkanes) is 23. The number of rotatable bonds is 49. The number of carboxylic acids is 1. The second-order valence-corrected chi connectivity index (χ2v) is 19.5. The van der Waals surface area contributed by atoms with Gasteiger partial charge >= 0.3 is 11.9 Å². The van der Waals surface area contributed by atoms with Crippen molar-refractivity contribution in [2.24, 2.45) is 0 Å². The van der Waals surface area contributed by atoms with Crippen LogP contribution in [0.5, 0.6) is 0 Å². The summed E-state index contributed by atoms with van der Waals surface area (Å²) < 4.78 is 17.2. The van der Waals surface area contributed by atoms with Gasteiger partial charge in [0, 0.05) is 19.3 Å². The summed E-state index contributed by atoms with van der Waals surface area (Å²) in [6.45, 7) is 4.62. The van der Waals surface area contributed by atoms with Gasteiger partial charge in [0.1, 0.15) is 12.6 Å². The minimum Gasteiger partial charge on any atom is -0.544 e. The predicted octanol–water partition coefficient (Wildman–Crippen LogP) is 14.9. The molecule has 0 N–H and O–H groups in total. The molecule has 0 bridgehead atoms. The third kappa shape index (κ3) is 47.6. The zero-order valence-corrected chi connectivity index (χ0v) is 44.1. The minimum atomic E-state index is -1.13. The molecule has 0 saturated heterocycles. The van der Waals surface area contributed by atoms with E-state index in [4.69, 9.17) is 14.2 Å². The zero-order valence-electron chi connectivity index (χ0n) is 44.1. The molecule has 2 atom stereocenters. The number of quaternary nitrogens is 1. The van der Waals surface area contributed by atoms with Crippen LogP contribution in [0.15, 0.2) is 72.9 Å². The first-order valence-corrected chi connectivity index (χ1v) is 27.5. The molecule has 0 aromatic heterocycles. The Balaban J connectivity index is 4.28. The van der Waals surface area contributed by atoms with Gasteiger partial charge in [0.25, 0.3) is 0 Å². The summed E-state index contributed by atoms with van der Waals surface area (Å²) in [5.74, 6) is -1.77. The van der Waals surface area contributed by atoms with Crippen LogP contribution in [0.3, 0.4) is 0 Å². The van der Waals surface area contributed by atoms with Crippen molar-refractivity contribution in [3.63, 3.8) is 0 Å². The van der Waals surface area contributed by atoms with Gasteiger partial charge in [-0.2, -0.15) is 0 Å². The summed E-state index contributed by atoms with van der Waals surface area (Å²) in [5.41, 5.74) is 0. The van der Waals surface area contributed by atoms with Gasteiger partial charge in [0.15, 0.2) is 6.10 Å². The first-order valence-electron chi connectivity index (χ1n) is 27.5. The highest BCUT2D eigenvalue weighted by molar-refractivity contribution is 5.70. The zero-order chi connectivity index (χ0) is 49.2. The topological polar surface area (TPSA) is 102 Å². The Hall–Kier alpha value is -3.23. The molecule has 0 amide bonds. The number of ether oxygens (including phenoxy) is 3. The molecule has 0 aliphatic heterocycles. The Labute approximate surface area is 412 Å². The van der Waals surface area contributed by atoms with Gasteiger partial charge in [-0.25, -0.2) is 0 Å². The maximum atomic E-state index is 12.8. The van der Waals surface area contributed by atoms with Crippen molar-refractivity contribution in [2.75, 3.05) is 41.0 Å². The van der Waals surface area contributed by atoms with Crippen LogP contribution in [-0.2, 0) is 28.6 Å². The van der Waals surface area contributed by atoms with Crippen LogP contribution in [0.25, 0.3) is 0 Å². The van der Waals surface area contributed by atoms with Gasteiger partial charge in [-0.1, -0.05) is 196 Å². The van der Waals surface area contributed by atoms with E-state index in [9.17, 15) is 19.5 Å². The average Bonchev–Trinajstić information content (AvgIpc) is 3.29. The number of likely N-dealkylation sites (N-methyl/N-ethyl adjacent to an activating group) is 1. The molecule has 8 nitrogen and oxygen atoms in total. The van der Waals surface area contributed by atoms with Gasteiger partial charge in [-0.15, -0.1) is 0 Å². The molecule has 0 aliphatic carbocycles. The lowest BCUT2D eigenvalue weighted by Gasteiger charge is -2.34. The highest BCUT2D eigenvalue weighted by Crippen LogP contribution is 2.14. The summed E-state index contributed by atoms with van der Waals surface area (Å²) in [6, 6.07) is -0.735. The fraction of sp³-hybridized carbons (Fsp3) is 0.746. The summed E-state index contributed by atoms with van der Waals surface area (Å²) >= 11 is 0. The number of nitrogens with zero attached hydrogens (tertiary/aromatic N) is 1. The molecule has 2 unspecified atom stereocenters. The Bertz CT molecular complexity index is 1320. The van der Waals surface area contributed by atoms with Crippen LogP contribution in [0.2, 0.25) is 0 Å². The molecule has 67 heavy (non-hydrogen) atoms. The van der Waals surface area contributed by atoms with Crippen molar-refractivity contribution in [1.82, 2.24) is 0 Å². The standard InChI is InChI=1S/C59H103NO7/c1-6-8-10-12-14-16-18-20-22-24-26-28-30-32-34-36-38-40-42-44-46-48-50-58(62)67-55(53-65-52-51-56(59(63)64)60(3,4)5)54-66-57(61)49-47-45-43-41-39-37-35-33-31-29-27-25-23-21-19-17-15-13-11-9-7-2/h15,17,21,23-24,26-27,29-30,32-33,35,55-56H,6-14,16,18-20,22,25,28,31,34,36-54H2,1-5H3/b17-15+,23-21+,26-24+,29-27+,32-30+,35-33+. The highest BCUT2D eigenvalue weighted by Gasteiger charge is 2.25. The molecule has 0 saturated carbocycles. The van der Waals surface area contributed by atoms with Crippen LogP contribution in [0.1, 0.15) is 232 Å². The van der Waals surface area contributed by atoms with E-state index < -0.39 is 18.1 Å². The van der Waals surface area contributed by atoms with Crippen LogP contribution in [0, 0.1) is 0 Å². The Morgan fingerprint density at radius 2 is 0.791 bits per heavy atom. The van der Waals surface area contributed by atoms with E-state index in [1.54, 1.807) is 21.1 Å². The molecular weight excluding hydrogens is 835 g/mol. The van der Waals surface area contributed by atoms with Crippen LogP contribution < -0.4 is 5.11 Å². The van der Waals surface area contributed by atoms with Crippen molar-refractivity contribution >= 4 is 17.9 Å². The summed E-state index contributed by atoms with van der Waals surface area (Å²) in [4.78, 5) is 37.1. The minimum absolute atomic E-state index is 0.0284. The summed E-state index contributed by atoms with van der Waals surface area (Å²) in [5, 5.41) is 11.7. The summed E-state index contributed by atoms with van der Waals surface area (Å²) in [7, 11) is 5.41. The number of carbonyl (C=O) groups is 3. The Morgan fingerprint density at radius 3 is 1.19 bits per heavy atom. The number of hydrogen-bond acceptors (Lipinski definition) is 7. The normalized spacial score (nSPS) is 13.4. The third-order valence-corrected chi connectivity index (χ3v) is 12.1. The SMILES string of the molecule is CCCCC/C=C/C/C=C/C/C=C/C/C=C/CCCCCCCC(=O)OCC(COCCC(C(=O)[O-])[N+](C)(C)C)OC(=O)CCCCCCCCC/C=C/C/C=C/CCCCCCCCCC. The molecule has 0 spiro atoms. The maximum Gasteiger partial charge on any atom is 0.306 e. The van der Waals surface area contributed by atoms with Gasteiger partial charge in [0.05, 0.1) is 40.3 Å². The van der Waals surface area contributed by atoms with E-state index in [0.29, 0.717) is 12.8 Å². The van der Waals surface area contributed by atoms with Crippen LogP contribution in [-0.4, -0.2) is 75.5 Å². The van der Waals surface area contributed by atoms with E-state index >= 15 is 0 Å². The quantitative estimate of drug-likeness (QED) is 0.0259. The molecule has 0 radical (unpaired) electrons. The fourth-order valence-corrected chi connectivity index (χ4v) is 7.79. The largest absolute Gasteiger partial charge is 0.544 e. The molecule has 386 valence electrons. The van der Waals surface area contributed by atoms with E-state index in [1.165, 1.54) is 109 Å². The predicted molar refractivity (Wildman–Crippen MR) is 282 cm³/mol. The molecule has 0 fully saturated rings. The average molecular weight is 938 g/mol. The Kier molecular flexibility index (Phi) is 46.8. The van der Waals surface area contributed by atoms with Crippen LogP contribution in [0.4, 0.5) is 0 Å². The smallest absolute Gasteiger partial charge is 0.306 e. The molecular formula is C59H103NO7. The van der Waals surface area contributed by atoms with E-state index in [2.05, 4.69) is 86.8 Å². The monoisotopic (exact) mass is 938 g/mol. The number of carboxylic acid groups (broad SMARTS) is 1. The second kappa shape index (κ2) is 49.2. The van der Waals surface area contributed by atoms with Crippen molar-refractivity contribution in [1.29, 1.82) is 0 Å². The van der Waals surface area contributed by atoms with Crippen molar-refractivity contribution in [2.45, 2.75) is 244 Å². The number of esters is 2. The molecule has 0 aromatic rings. The number of allylic oxidation sites excluding steroid dienone is 12. The molecule has 0 rings (SSSR count). The number of hydrogen-bond donors (Lipinski definition) is 0.